The van der Waals surface area contributed by atoms with Gasteiger partial charge in [0, 0.05) is 30.1 Å². The molecule has 0 radical (unpaired) electrons. The number of amides is 2. The molecule has 0 saturated heterocycles. The molecule has 2 amide bonds. The van der Waals surface area contributed by atoms with Crippen molar-refractivity contribution in [3.63, 3.8) is 0 Å². The molecule has 2 aromatic rings. The monoisotopic (exact) mass is 330 g/mol. The van der Waals surface area contributed by atoms with Crippen LogP contribution in [0.2, 0.25) is 5.02 Å². The van der Waals surface area contributed by atoms with Crippen LogP contribution in [0.15, 0.2) is 48.5 Å². The first-order chi connectivity index (χ1) is 11.1. The predicted molar refractivity (Wildman–Crippen MR) is 91.4 cm³/mol. The minimum atomic E-state index is -0.165. The van der Waals surface area contributed by atoms with Gasteiger partial charge in [-0.05, 0) is 30.2 Å². The van der Waals surface area contributed by atoms with Gasteiger partial charge in [0.15, 0.2) is 0 Å². The largest absolute Gasteiger partial charge is 0.352 e. The van der Waals surface area contributed by atoms with Crippen LogP contribution in [0.5, 0.6) is 0 Å². The van der Waals surface area contributed by atoms with E-state index >= 15 is 0 Å². The highest BCUT2D eigenvalue weighted by molar-refractivity contribution is 6.31. The maximum atomic E-state index is 12.0. The van der Waals surface area contributed by atoms with Crippen molar-refractivity contribution in [1.29, 1.82) is 0 Å². The van der Waals surface area contributed by atoms with E-state index in [0.29, 0.717) is 23.7 Å². The van der Waals surface area contributed by atoms with E-state index in [1.165, 1.54) is 0 Å². The van der Waals surface area contributed by atoms with E-state index in [1.807, 2.05) is 43.3 Å². The molecular weight excluding hydrogens is 312 g/mol. The summed E-state index contributed by atoms with van der Waals surface area (Å²) in [4.78, 5) is 23.8. The van der Waals surface area contributed by atoms with Crippen LogP contribution in [0.1, 0.15) is 27.9 Å². The van der Waals surface area contributed by atoms with Crippen molar-refractivity contribution in [2.24, 2.45) is 0 Å². The summed E-state index contributed by atoms with van der Waals surface area (Å²) in [6.45, 7) is 2.55. The zero-order chi connectivity index (χ0) is 16.7. The van der Waals surface area contributed by atoms with Gasteiger partial charge >= 0.3 is 0 Å². The van der Waals surface area contributed by atoms with Crippen LogP contribution < -0.4 is 10.6 Å². The molecule has 0 unspecified atom stereocenters. The fraction of sp³-hybridized carbons (Fsp3) is 0.222. The van der Waals surface area contributed by atoms with Gasteiger partial charge in [0.05, 0.1) is 0 Å². The van der Waals surface area contributed by atoms with Crippen molar-refractivity contribution in [3.05, 3.63) is 70.2 Å². The average Bonchev–Trinajstić information content (AvgIpc) is 2.54. The smallest absolute Gasteiger partial charge is 0.251 e. The lowest BCUT2D eigenvalue weighted by Crippen LogP contribution is -2.30. The Hall–Kier alpha value is -2.33. The summed E-state index contributed by atoms with van der Waals surface area (Å²) in [5.41, 5.74) is 2.41. The van der Waals surface area contributed by atoms with Gasteiger partial charge in [-0.15, -0.1) is 0 Å². The van der Waals surface area contributed by atoms with E-state index < -0.39 is 0 Å². The molecule has 0 aromatic heterocycles. The maximum Gasteiger partial charge on any atom is 0.251 e. The van der Waals surface area contributed by atoms with Gasteiger partial charge in [-0.1, -0.05) is 48.0 Å². The standard InChI is InChI=1S/C18H19ClN2O2/c1-13-6-2-4-8-15(13)18(23)20-11-10-17(22)21-12-14-7-3-5-9-16(14)19/h2-9H,10-12H2,1H3,(H,20,23)(H,21,22). The van der Waals surface area contributed by atoms with Crippen molar-refractivity contribution in [2.45, 2.75) is 19.9 Å². The highest BCUT2D eigenvalue weighted by atomic mass is 35.5. The number of hydrogen-bond acceptors (Lipinski definition) is 2. The topological polar surface area (TPSA) is 58.2 Å². The lowest BCUT2D eigenvalue weighted by molar-refractivity contribution is -0.121. The number of aryl methyl sites for hydroxylation is 1. The number of halogens is 1. The molecule has 120 valence electrons. The third kappa shape index (κ3) is 5.11. The average molecular weight is 331 g/mol. The fourth-order valence-electron chi connectivity index (χ4n) is 2.14. The Morgan fingerprint density at radius 3 is 2.43 bits per heavy atom. The minimum absolute atomic E-state index is 0.130. The van der Waals surface area contributed by atoms with Gasteiger partial charge in [-0.2, -0.15) is 0 Å². The molecule has 2 aromatic carbocycles. The predicted octanol–water partition coefficient (Wildman–Crippen LogP) is 3.08. The Bertz CT molecular complexity index is 701. The number of nitrogens with one attached hydrogen (secondary N) is 2. The summed E-state index contributed by atoms with van der Waals surface area (Å²) >= 11 is 6.03. The second-order valence-electron chi connectivity index (χ2n) is 5.19. The minimum Gasteiger partial charge on any atom is -0.352 e. The van der Waals surface area contributed by atoms with Crippen LogP contribution in [-0.4, -0.2) is 18.4 Å². The molecular formula is C18H19ClN2O2. The molecule has 0 fully saturated rings. The third-order valence-electron chi connectivity index (χ3n) is 3.46. The van der Waals surface area contributed by atoms with Gasteiger partial charge < -0.3 is 10.6 Å². The van der Waals surface area contributed by atoms with Crippen LogP contribution in [0, 0.1) is 6.92 Å². The summed E-state index contributed by atoms with van der Waals surface area (Å²) in [5, 5.41) is 6.17. The first-order valence-electron chi connectivity index (χ1n) is 7.42. The molecule has 0 atom stereocenters. The molecule has 0 bridgehead atoms. The normalized spacial score (nSPS) is 10.2. The Morgan fingerprint density at radius 2 is 1.70 bits per heavy atom. The lowest BCUT2D eigenvalue weighted by atomic mass is 10.1. The van der Waals surface area contributed by atoms with Crippen LogP contribution in [-0.2, 0) is 11.3 Å². The third-order valence-corrected chi connectivity index (χ3v) is 3.83. The molecule has 0 aliphatic heterocycles. The van der Waals surface area contributed by atoms with E-state index in [1.54, 1.807) is 12.1 Å². The molecule has 5 heteroatoms. The van der Waals surface area contributed by atoms with Crippen LogP contribution in [0.3, 0.4) is 0 Å². The lowest BCUT2D eigenvalue weighted by Gasteiger charge is -2.09. The SMILES string of the molecule is Cc1ccccc1C(=O)NCCC(=O)NCc1ccccc1Cl. The zero-order valence-corrected chi connectivity index (χ0v) is 13.7. The molecule has 4 nitrogen and oxygen atoms in total. The fourth-order valence-corrected chi connectivity index (χ4v) is 2.34. The number of rotatable bonds is 6. The highest BCUT2D eigenvalue weighted by Crippen LogP contribution is 2.14. The molecule has 0 aliphatic rings. The molecule has 0 aliphatic carbocycles. The Labute approximate surface area is 140 Å². The first-order valence-corrected chi connectivity index (χ1v) is 7.79. The molecule has 23 heavy (non-hydrogen) atoms. The summed E-state index contributed by atoms with van der Waals surface area (Å²) in [6.07, 6.45) is 0.224. The highest BCUT2D eigenvalue weighted by Gasteiger charge is 2.09. The summed E-state index contributed by atoms with van der Waals surface area (Å²) in [7, 11) is 0. The van der Waals surface area contributed by atoms with Crippen molar-refractivity contribution < 1.29 is 9.59 Å². The van der Waals surface area contributed by atoms with E-state index in [-0.39, 0.29) is 18.2 Å². The van der Waals surface area contributed by atoms with Crippen molar-refractivity contribution in [2.75, 3.05) is 6.54 Å². The number of carbonyl (C=O) groups is 2. The summed E-state index contributed by atoms with van der Waals surface area (Å²) in [6, 6.07) is 14.7. The van der Waals surface area contributed by atoms with Gasteiger partial charge in [-0.3, -0.25) is 9.59 Å². The molecule has 0 heterocycles. The second kappa shape index (κ2) is 8.34. The van der Waals surface area contributed by atoms with Gasteiger partial charge in [-0.25, -0.2) is 0 Å². The Balaban J connectivity index is 1.74. The number of carbonyl (C=O) groups excluding carboxylic acids is 2. The maximum absolute atomic E-state index is 12.0. The van der Waals surface area contributed by atoms with Crippen LogP contribution >= 0.6 is 11.6 Å². The van der Waals surface area contributed by atoms with Crippen LogP contribution in [0.25, 0.3) is 0 Å². The van der Waals surface area contributed by atoms with Gasteiger partial charge in [0.25, 0.3) is 5.91 Å². The zero-order valence-electron chi connectivity index (χ0n) is 12.9. The molecule has 2 N–H and O–H groups in total. The molecule has 0 saturated carbocycles. The van der Waals surface area contributed by atoms with Crippen molar-refractivity contribution >= 4 is 23.4 Å². The van der Waals surface area contributed by atoms with Gasteiger partial charge in [0.2, 0.25) is 5.91 Å². The molecule has 2 rings (SSSR count). The molecule has 0 spiro atoms. The van der Waals surface area contributed by atoms with E-state index in [2.05, 4.69) is 10.6 Å². The van der Waals surface area contributed by atoms with Crippen LogP contribution in [0.4, 0.5) is 0 Å². The quantitative estimate of drug-likeness (QED) is 0.855. The van der Waals surface area contributed by atoms with E-state index in [9.17, 15) is 9.59 Å². The number of hydrogen-bond donors (Lipinski definition) is 2. The Morgan fingerprint density at radius 1 is 1.00 bits per heavy atom. The van der Waals surface area contributed by atoms with Gasteiger partial charge in [0.1, 0.15) is 0 Å². The second-order valence-corrected chi connectivity index (χ2v) is 5.60. The van der Waals surface area contributed by atoms with Crippen molar-refractivity contribution in [1.82, 2.24) is 10.6 Å². The number of benzene rings is 2. The van der Waals surface area contributed by atoms with E-state index in [0.717, 1.165) is 11.1 Å². The van der Waals surface area contributed by atoms with E-state index in [4.69, 9.17) is 11.6 Å². The summed E-state index contributed by atoms with van der Waals surface area (Å²) < 4.78 is 0. The van der Waals surface area contributed by atoms with Crippen molar-refractivity contribution in [3.8, 4) is 0 Å². The first kappa shape index (κ1) is 17.0. The Kier molecular flexibility index (Phi) is 6.18. The summed E-state index contributed by atoms with van der Waals surface area (Å²) in [5.74, 6) is -0.294.